The molecule has 1 aromatic carbocycles. The molecule has 2 N–H and O–H groups in total. The van der Waals surface area contributed by atoms with Gasteiger partial charge in [0.25, 0.3) is 0 Å². The number of nitrogens with zero attached hydrogens (tertiary/aromatic N) is 2. The van der Waals surface area contributed by atoms with E-state index in [2.05, 4.69) is 20.6 Å². The number of carbonyl (C=O) groups excluding carboxylic acids is 2. The number of halogens is 1. The van der Waals surface area contributed by atoms with Crippen LogP contribution in [0.2, 0.25) is 5.02 Å². The fraction of sp³-hybridized carbons (Fsp3) is 0.368. The predicted molar refractivity (Wildman–Crippen MR) is 109 cm³/mol. The highest BCUT2D eigenvalue weighted by atomic mass is 35.5. The molecule has 9 heteroatoms. The largest absolute Gasteiger partial charge is 0.486 e. The van der Waals surface area contributed by atoms with Crippen LogP contribution >= 0.6 is 23.4 Å². The summed E-state index contributed by atoms with van der Waals surface area (Å²) in [6.07, 6.45) is 4.35. The molecule has 2 aromatic rings. The number of carbonyl (C=O) groups is 2. The van der Waals surface area contributed by atoms with Crippen molar-refractivity contribution in [1.82, 2.24) is 20.6 Å². The maximum Gasteiger partial charge on any atom is 0.221 e. The summed E-state index contributed by atoms with van der Waals surface area (Å²) < 4.78 is 5.91. The Morgan fingerprint density at radius 2 is 2.18 bits per heavy atom. The third-order valence-electron chi connectivity index (χ3n) is 4.22. The van der Waals surface area contributed by atoms with E-state index in [9.17, 15) is 9.59 Å². The van der Waals surface area contributed by atoms with Gasteiger partial charge in [-0.15, -0.1) is 0 Å². The lowest BCUT2D eigenvalue weighted by Gasteiger charge is -2.12. The van der Waals surface area contributed by atoms with Crippen LogP contribution < -0.4 is 15.4 Å². The molecular weight excluding hydrogens is 400 g/mol. The van der Waals surface area contributed by atoms with Crippen molar-refractivity contribution < 1.29 is 14.3 Å². The number of thioether (sulfide) groups is 1. The van der Waals surface area contributed by atoms with Gasteiger partial charge in [-0.25, -0.2) is 9.97 Å². The van der Waals surface area contributed by atoms with Crippen LogP contribution in [-0.4, -0.2) is 47.2 Å². The quantitative estimate of drug-likeness (QED) is 0.528. The molecule has 1 aliphatic rings. The molecule has 0 saturated heterocycles. The van der Waals surface area contributed by atoms with E-state index in [0.29, 0.717) is 35.4 Å². The number of benzene rings is 1. The smallest absolute Gasteiger partial charge is 0.221 e. The lowest BCUT2D eigenvalue weighted by Crippen LogP contribution is -2.36. The zero-order valence-corrected chi connectivity index (χ0v) is 17.2. The Morgan fingerprint density at radius 3 is 2.93 bits per heavy atom. The number of hydrogen-bond acceptors (Lipinski definition) is 6. The third-order valence-corrected chi connectivity index (χ3v) is 5.06. The van der Waals surface area contributed by atoms with Gasteiger partial charge in [0, 0.05) is 43.6 Å². The fourth-order valence-electron chi connectivity index (χ4n) is 2.92. The minimum Gasteiger partial charge on any atom is -0.486 e. The molecular formula is C19H21ClN4O3S. The molecule has 0 bridgehead atoms. The summed E-state index contributed by atoms with van der Waals surface area (Å²) in [5, 5.41) is 6.65. The molecule has 0 spiro atoms. The minimum absolute atomic E-state index is 0.134. The number of aromatic nitrogens is 2. The number of nitrogens with one attached hydrogen (secondary N) is 2. The lowest BCUT2D eigenvalue weighted by atomic mass is 10.0. The van der Waals surface area contributed by atoms with Crippen LogP contribution in [0.5, 0.6) is 5.75 Å². The molecule has 2 amide bonds. The Morgan fingerprint density at radius 1 is 1.36 bits per heavy atom. The van der Waals surface area contributed by atoms with E-state index >= 15 is 0 Å². The van der Waals surface area contributed by atoms with Gasteiger partial charge in [0.15, 0.2) is 5.16 Å². The molecule has 1 atom stereocenters. The summed E-state index contributed by atoms with van der Waals surface area (Å²) in [4.78, 5) is 31.4. The molecule has 2 heterocycles. The van der Waals surface area contributed by atoms with Gasteiger partial charge in [-0.1, -0.05) is 23.4 Å². The number of hydrogen-bond donors (Lipinski definition) is 2. The summed E-state index contributed by atoms with van der Waals surface area (Å²) in [5.74, 6) is 0.369. The summed E-state index contributed by atoms with van der Waals surface area (Å²) in [7, 11) is 0. The maximum atomic E-state index is 11.9. The average molecular weight is 421 g/mol. The van der Waals surface area contributed by atoms with Crippen LogP contribution in [0.3, 0.4) is 0 Å². The first-order valence-corrected chi connectivity index (χ1v) is 10.4. The molecule has 7 nitrogen and oxygen atoms in total. The molecule has 0 radical (unpaired) electrons. The maximum absolute atomic E-state index is 11.9. The number of fused-ring (bicyclic) bond motifs is 1. The highest BCUT2D eigenvalue weighted by Gasteiger charge is 2.26. The van der Waals surface area contributed by atoms with E-state index in [-0.39, 0.29) is 24.3 Å². The van der Waals surface area contributed by atoms with Gasteiger partial charge in [0.05, 0.1) is 17.3 Å². The Labute approximate surface area is 172 Å². The van der Waals surface area contributed by atoms with Crippen LogP contribution in [0.15, 0.2) is 29.6 Å². The van der Waals surface area contributed by atoms with Crippen molar-refractivity contribution in [3.8, 4) is 17.0 Å². The Bertz CT molecular complexity index is 893. The van der Waals surface area contributed by atoms with E-state index < -0.39 is 0 Å². The van der Waals surface area contributed by atoms with Crippen molar-refractivity contribution in [3.05, 3.63) is 35.0 Å². The van der Waals surface area contributed by atoms with Gasteiger partial charge in [0.1, 0.15) is 11.9 Å². The zero-order valence-electron chi connectivity index (χ0n) is 15.6. The summed E-state index contributed by atoms with van der Waals surface area (Å²) >= 11 is 7.90. The summed E-state index contributed by atoms with van der Waals surface area (Å²) in [6.45, 7) is 2.12. The van der Waals surface area contributed by atoms with Gasteiger partial charge >= 0.3 is 0 Å². The summed E-state index contributed by atoms with van der Waals surface area (Å²) in [5.41, 5.74) is 2.70. The second-order valence-corrected chi connectivity index (χ2v) is 7.54. The first kappa shape index (κ1) is 20.4. The Balaban J connectivity index is 1.62. The van der Waals surface area contributed by atoms with Crippen LogP contribution in [0.1, 0.15) is 18.9 Å². The Kier molecular flexibility index (Phi) is 6.74. The number of ether oxygens (including phenoxy) is 1. The van der Waals surface area contributed by atoms with E-state index in [1.807, 2.05) is 24.5 Å². The normalized spacial score (nSPS) is 14.9. The molecule has 148 valence electrons. The molecule has 0 fully saturated rings. The molecule has 0 aliphatic carbocycles. The van der Waals surface area contributed by atoms with E-state index in [0.717, 1.165) is 16.8 Å². The monoisotopic (exact) mass is 420 g/mol. The number of rotatable bonds is 7. The average Bonchev–Trinajstić information content (AvgIpc) is 3.10. The zero-order chi connectivity index (χ0) is 20.1. The van der Waals surface area contributed by atoms with Crippen molar-refractivity contribution >= 4 is 35.2 Å². The molecule has 28 heavy (non-hydrogen) atoms. The van der Waals surface area contributed by atoms with Gasteiger partial charge in [-0.05, 0) is 24.5 Å². The van der Waals surface area contributed by atoms with Crippen LogP contribution in [-0.2, 0) is 16.0 Å². The van der Waals surface area contributed by atoms with Crippen molar-refractivity contribution in [2.45, 2.75) is 31.0 Å². The first-order valence-electron chi connectivity index (χ1n) is 8.84. The fourth-order valence-corrected chi connectivity index (χ4v) is 3.56. The van der Waals surface area contributed by atoms with Crippen LogP contribution in [0, 0.1) is 0 Å². The molecule has 3 rings (SSSR count). The van der Waals surface area contributed by atoms with Crippen molar-refractivity contribution in [2.24, 2.45) is 0 Å². The molecule has 1 aliphatic heterocycles. The van der Waals surface area contributed by atoms with Crippen LogP contribution in [0.25, 0.3) is 11.3 Å². The Hall–Kier alpha value is -2.32. The molecule has 0 saturated carbocycles. The lowest BCUT2D eigenvalue weighted by molar-refractivity contribution is -0.121. The van der Waals surface area contributed by atoms with E-state index in [1.165, 1.54) is 18.7 Å². The second kappa shape index (κ2) is 9.25. The SMILES string of the molecule is CSc1nccc(-c2cc(Cl)c3c(c2)C[C@H](CNC(=O)CCNC(C)=O)O3)n1. The van der Waals surface area contributed by atoms with E-state index in [1.54, 1.807) is 6.20 Å². The predicted octanol–water partition coefficient (Wildman–Crippen LogP) is 2.46. The highest BCUT2D eigenvalue weighted by molar-refractivity contribution is 7.98. The van der Waals surface area contributed by atoms with Crippen LogP contribution in [0.4, 0.5) is 0 Å². The van der Waals surface area contributed by atoms with E-state index in [4.69, 9.17) is 16.3 Å². The van der Waals surface area contributed by atoms with Crippen molar-refractivity contribution in [3.63, 3.8) is 0 Å². The highest BCUT2D eigenvalue weighted by Crippen LogP contribution is 2.39. The third kappa shape index (κ3) is 5.14. The van der Waals surface area contributed by atoms with Crippen molar-refractivity contribution in [2.75, 3.05) is 19.3 Å². The molecule has 0 unspecified atom stereocenters. The first-order chi connectivity index (χ1) is 13.5. The number of amides is 2. The van der Waals surface area contributed by atoms with Gasteiger partial charge in [0.2, 0.25) is 11.8 Å². The summed E-state index contributed by atoms with van der Waals surface area (Å²) in [6, 6.07) is 5.70. The second-order valence-electron chi connectivity index (χ2n) is 6.36. The van der Waals surface area contributed by atoms with Gasteiger partial charge in [-0.3, -0.25) is 9.59 Å². The minimum atomic E-state index is -0.181. The van der Waals surface area contributed by atoms with Gasteiger partial charge < -0.3 is 15.4 Å². The van der Waals surface area contributed by atoms with Crippen molar-refractivity contribution in [1.29, 1.82) is 0 Å². The topological polar surface area (TPSA) is 93.2 Å². The standard InChI is InChI=1S/C19H21ClN4O3S/c1-11(25)21-6-4-17(26)23-10-14-8-13-7-12(9-15(20)18(13)27-14)16-3-5-22-19(24-16)28-2/h3,5,7,9,14H,4,6,8,10H2,1-2H3,(H,21,25)(H,23,26)/t14-/m1/s1. The van der Waals surface area contributed by atoms with Gasteiger partial charge in [-0.2, -0.15) is 0 Å². The molecule has 1 aromatic heterocycles.